The number of aliphatic carboxylic acids is 1. The molecule has 1 heterocycles. The number of carboxylic acid groups (broad SMARTS) is 1. The highest BCUT2D eigenvalue weighted by Crippen LogP contribution is 2.34. The molecular weight excluding hydrogens is 290 g/mol. The maximum Gasteiger partial charge on any atom is 0.326 e. The number of anilines is 1. The summed E-state index contributed by atoms with van der Waals surface area (Å²) in [7, 11) is -3.38. The van der Waals surface area contributed by atoms with Gasteiger partial charge in [-0.05, 0) is 30.9 Å². The zero-order valence-electron chi connectivity index (χ0n) is 12.3. The minimum Gasteiger partial charge on any atom is -0.480 e. The summed E-state index contributed by atoms with van der Waals surface area (Å²) < 4.78 is 24.8. The molecule has 2 atom stereocenters. The minimum absolute atomic E-state index is 0.00411. The van der Waals surface area contributed by atoms with Crippen LogP contribution in [0.1, 0.15) is 26.7 Å². The van der Waals surface area contributed by atoms with E-state index >= 15 is 0 Å². The van der Waals surface area contributed by atoms with Crippen molar-refractivity contribution in [1.29, 1.82) is 0 Å². The number of nitrogens with zero attached hydrogens (tertiary/aromatic N) is 1. The van der Waals surface area contributed by atoms with Gasteiger partial charge in [0.15, 0.2) is 9.84 Å². The van der Waals surface area contributed by atoms with Crippen molar-refractivity contribution in [1.82, 2.24) is 0 Å². The topological polar surface area (TPSA) is 74.7 Å². The summed E-state index contributed by atoms with van der Waals surface area (Å²) in [5.74, 6) is -0.822. The quantitative estimate of drug-likeness (QED) is 0.902. The average molecular weight is 311 g/mol. The maximum absolute atomic E-state index is 12.4. The van der Waals surface area contributed by atoms with Crippen LogP contribution < -0.4 is 4.90 Å². The van der Waals surface area contributed by atoms with Crippen LogP contribution in [0.25, 0.3) is 0 Å². The fraction of sp³-hybridized carbons (Fsp3) is 0.533. The second kappa shape index (κ2) is 6.05. The van der Waals surface area contributed by atoms with E-state index in [1.54, 1.807) is 29.2 Å². The summed E-state index contributed by atoms with van der Waals surface area (Å²) in [4.78, 5) is 13.5. The van der Waals surface area contributed by atoms with Crippen molar-refractivity contribution in [3.63, 3.8) is 0 Å². The first-order valence-electron chi connectivity index (χ1n) is 7.19. The van der Waals surface area contributed by atoms with Crippen LogP contribution in [-0.2, 0) is 14.6 Å². The van der Waals surface area contributed by atoms with Crippen molar-refractivity contribution >= 4 is 21.5 Å². The van der Waals surface area contributed by atoms with E-state index in [2.05, 4.69) is 0 Å². The highest BCUT2D eigenvalue weighted by Gasteiger charge is 2.38. The number of benzene rings is 1. The van der Waals surface area contributed by atoms with Gasteiger partial charge in [-0.1, -0.05) is 26.0 Å². The maximum atomic E-state index is 12.4. The summed E-state index contributed by atoms with van der Waals surface area (Å²) in [6.45, 7) is 4.27. The van der Waals surface area contributed by atoms with E-state index in [1.165, 1.54) is 0 Å². The van der Waals surface area contributed by atoms with Crippen molar-refractivity contribution in [2.75, 3.05) is 17.2 Å². The lowest BCUT2D eigenvalue weighted by Gasteiger charge is -2.27. The summed E-state index contributed by atoms with van der Waals surface area (Å²) in [6, 6.07) is 6.05. The Hall–Kier alpha value is -1.56. The van der Waals surface area contributed by atoms with Crippen LogP contribution in [0.3, 0.4) is 0 Å². The molecule has 1 aromatic carbocycles. The molecule has 0 aromatic heterocycles. The molecule has 116 valence electrons. The Kier molecular flexibility index (Phi) is 4.56. The highest BCUT2D eigenvalue weighted by atomic mass is 32.2. The molecule has 1 saturated heterocycles. The van der Waals surface area contributed by atoms with Crippen molar-refractivity contribution in [2.24, 2.45) is 5.92 Å². The molecule has 21 heavy (non-hydrogen) atoms. The molecule has 2 unspecified atom stereocenters. The van der Waals surface area contributed by atoms with E-state index in [1.807, 2.05) is 13.8 Å². The number of para-hydroxylation sites is 1. The Bertz CT molecular complexity index is 626. The largest absolute Gasteiger partial charge is 0.480 e. The molecule has 0 radical (unpaired) electrons. The standard InChI is InChI=1S/C15H21NO4S/c1-3-10-21(19,20)13-7-5-4-6-12(13)16-9-8-11(2)14(16)15(17)18/h4-7,11,14H,3,8-10H2,1-2H3,(H,17,18). The summed E-state index contributed by atoms with van der Waals surface area (Å²) in [6.07, 6.45) is 1.29. The minimum atomic E-state index is -3.38. The predicted octanol–water partition coefficient (Wildman–Crippen LogP) is 2.17. The van der Waals surface area contributed by atoms with E-state index < -0.39 is 21.8 Å². The normalized spacial score (nSPS) is 22.5. The third-order valence-electron chi connectivity index (χ3n) is 3.94. The van der Waals surface area contributed by atoms with Crippen LogP contribution in [0.4, 0.5) is 5.69 Å². The van der Waals surface area contributed by atoms with Gasteiger partial charge in [-0.3, -0.25) is 0 Å². The third kappa shape index (κ3) is 3.05. The van der Waals surface area contributed by atoms with Crippen LogP contribution in [-0.4, -0.2) is 37.8 Å². The Morgan fingerprint density at radius 1 is 1.38 bits per heavy atom. The van der Waals surface area contributed by atoms with Gasteiger partial charge in [0.1, 0.15) is 6.04 Å². The smallest absolute Gasteiger partial charge is 0.326 e. The predicted molar refractivity (Wildman–Crippen MR) is 81.3 cm³/mol. The van der Waals surface area contributed by atoms with Crippen molar-refractivity contribution in [3.8, 4) is 0 Å². The number of rotatable bonds is 5. The van der Waals surface area contributed by atoms with Gasteiger partial charge in [0.05, 0.1) is 16.3 Å². The Balaban J connectivity index is 2.48. The van der Waals surface area contributed by atoms with Crippen LogP contribution in [0.15, 0.2) is 29.2 Å². The molecule has 1 aliphatic rings. The van der Waals surface area contributed by atoms with Gasteiger partial charge in [0.2, 0.25) is 0 Å². The van der Waals surface area contributed by atoms with Gasteiger partial charge < -0.3 is 10.0 Å². The Labute approximate surface area is 125 Å². The summed E-state index contributed by atoms with van der Waals surface area (Å²) >= 11 is 0. The monoisotopic (exact) mass is 311 g/mol. The molecule has 5 nitrogen and oxygen atoms in total. The van der Waals surface area contributed by atoms with Gasteiger partial charge in [-0.15, -0.1) is 0 Å². The van der Waals surface area contributed by atoms with Crippen LogP contribution in [0.5, 0.6) is 0 Å². The van der Waals surface area contributed by atoms with E-state index in [9.17, 15) is 18.3 Å². The highest BCUT2D eigenvalue weighted by molar-refractivity contribution is 7.91. The fourth-order valence-electron chi connectivity index (χ4n) is 2.93. The molecular formula is C15H21NO4S. The first kappa shape index (κ1) is 15.8. The van der Waals surface area contributed by atoms with E-state index in [4.69, 9.17) is 0 Å². The molecule has 0 amide bonds. The molecule has 1 N–H and O–H groups in total. The fourth-order valence-corrected chi connectivity index (χ4v) is 4.48. The zero-order chi connectivity index (χ0) is 15.6. The molecule has 2 rings (SSSR count). The van der Waals surface area contributed by atoms with Crippen LogP contribution in [0, 0.1) is 5.92 Å². The van der Waals surface area contributed by atoms with E-state index in [-0.39, 0.29) is 16.6 Å². The molecule has 0 bridgehead atoms. The Morgan fingerprint density at radius 2 is 2.05 bits per heavy atom. The molecule has 1 aromatic rings. The van der Waals surface area contributed by atoms with Gasteiger partial charge in [-0.2, -0.15) is 0 Å². The second-order valence-electron chi connectivity index (χ2n) is 5.53. The number of carboxylic acids is 1. The lowest BCUT2D eigenvalue weighted by molar-refractivity contribution is -0.139. The number of sulfone groups is 1. The lowest BCUT2D eigenvalue weighted by atomic mass is 10.0. The van der Waals surface area contributed by atoms with Gasteiger partial charge in [0.25, 0.3) is 0 Å². The van der Waals surface area contributed by atoms with Crippen LogP contribution >= 0.6 is 0 Å². The SMILES string of the molecule is CCCS(=O)(=O)c1ccccc1N1CCC(C)C1C(=O)O. The molecule has 0 saturated carbocycles. The summed E-state index contributed by atoms with van der Waals surface area (Å²) in [5, 5.41) is 9.42. The first-order chi connectivity index (χ1) is 9.88. The zero-order valence-corrected chi connectivity index (χ0v) is 13.1. The van der Waals surface area contributed by atoms with Crippen molar-refractivity contribution in [2.45, 2.75) is 37.6 Å². The Morgan fingerprint density at radius 3 is 2.67 bits per heavy atom. The first-order valence-corrected chi connectivity index (χ1v) is 8.85. The number of hydrogen-bond donors (Lipinski definition) is 1. The second-order valence-corrected chi connectivity index (χ2v) is 7.61. The molecule has 0 spiro atoms. The molecule has 1 fully saturated rings. The third-order valence-corrected chi connectivity index (χ3v) is 5.90. The van der Waals surface area contributed by atoms with Crippen molar-refractivity contribution < 1.29 is 18.3 Å². The number of hydrogen-bond acceptors (Lipinski definition) is 4. The lowest BCUT2D eigenvalue weighted by Crippen LogP contribution is -2.39. The van der Waals surface area contributed by atoms with Crippen molar-refractivity contribution in [3.05, 3.63) is 24.3 Å². The van der Waals surface area contributed by atoms with Gasteiger partial charge >= 0.3 is 5.97 Å². The molecule has 1 aliphatic heterocycles. The molecule has 0 aliphatic carbocycles. The van der Waals surface area contributed by atoms with Gasteiger partial charge in [0, 0.05) is 6.54 Å². The van der Waals surface area contributed by atoms with E-state index in [0.717, 1.165) is 6.42 Å². The number of carbonyl (C=O) groups is 1. The average Bonchev–Trinajstić information content (AvgIpc) is 2.80. The van der Waals surface area contributed by atoms with Gasteiger partial charge in [-0.25, -0.2) is 13.2 Å². The van der Waals surface area contributed by atoms with E-state index in [0.29, 0.717) is 18.7 Å². The van der Waals surface area contributed by atoms with Crippen LogP contribution in [0.2, 0.25) is 0 Å². The summed E-state index contributed by atoms with van der Waals surface area (Å²) in [5.41, 5.74) is 0.516. The molecule has 6 heteroatoms.